The number of carbonyl (C=O) groups excluding carboxylic acids is 2. The molecule has 0 spiro atoms. The summed E-state index contributed by atoms with van der Waals surface area (Å²) in [5.74, 6) is -0.402. The highest BCUT2D eigenvalue weighted by molar-refractivity contribution is 6.13. The number of allylic oxidation sites excluding steroid dienone is 1. The molecular weight excluding hydrogens is 462 g/mol. The molecule has 0 saturated heterocycles. The summed E-state index contributed by atoms with van der Waals surface area (Å²) < 4.78 is 2.28. The van der Waals surface area contributed by atoms with Gasteiger partial charge in [0.1, 0.15) is 0 Å². The minimum Gasteiger partial charge on any atom is -0.378 e. The van der Waals surface area contributed by atoms with Gasteiger partial charge < -0.3 is 14.3 Å². The summed E-state index contributed by atoms with van der Waals surface area (Å²) in [5, 5.41) is 6.31. The van der Waals surface area contributed by atoms with E-state index in [9.17, 15) is 9.59 Å². The SMILES string of the molecule is CCn1c2ccc(C=CC(=O)c3ccc(N(C)C)cc3)cc2c2cc(C(=NOC(C)=O)C(C)C)ccc21. The molecule has 6 heteroatoms. The van der Waals surface area contributed by atoms with Gasteiger partial charge in [0, 0.05) is 66.2 Å². The van der Waals surface area contributed by atoms with Gasteiger partial charge >= 0.3 is 5.97 Å². The Morgan fingerprint density at radius 3 is 2.16 bits per heavy atom. The normalized spacial score (nSPS) is 12.1. The Hall–Kier alpha value is -4.19. The number of nitrogens with zero attached hydrogens (tertiary/aromatic N) is 3. The Balaban J connectivity index is 1.73. The molecule has 1 heterocycles. The average molecular weight is 496 g/mol. The van der Waals surface area contributed by atoms with Crippen molar-refractivity contribution in [3.8, 4) is 0 Å². The second kappa shape index (κ2) is 10.8. The van der Waals surface area contributed by atoms with Gasteiger partial charge in [0.25, 0.3) is 0 Å². The maximum absolute atomic E-state index is 12.8. The predicted molar refractivity (Wildman–Crippen MR) is 152 cm³/mol. The highest BCUT2D eigenvalue weighted by Crippen LogP contribution is 2.32. The molecule has 0 atom stereocenters. The molecule has 37 heavy (non-hydrogen) atoms. The number of fused-ring (bicyclic) bond motifs is 3. The van der Waals surface area contributed by atoms with E-state index >= 15 is 0 Å². The Labute approximate surface area is 217 Å². The average Bonchev–Trinajstić information content (AvgIpc) is 3.19. The van der Waals surface area contributed by atoms with E-state index in [1.54, 1.807) is 6.08 Å². The highest BCUT2D eigenvalue weighted by Gasteiger charge is 2.15. The van der Waals surface area contributed by atoms with Crippen molar-refractivity contribution in [2.24, 2.45) is 11.1 Å². The molecule has 0 radical (unpaired) electrons. The number of anilines is 1. The van der Waals surface area contributed by atoms with Gasteiger partial charge in [-0.1, -0.05) is 37.2 Å². The zero-order valence-corrected chi connectivity index (χ0v) is 22.3. The third-order valence-electron chi connectivity index (χ3n) is 6.42. The number of benzene rings is 3. The fourth-order valence-corrected chi connectivity index (χ4v) is 4.52. The summed E-state index contributed by atoms with van der Waals surface area (Å²) >= 11 is 0. The summed E-state index contributed by atoms with van der Waals surface area (Å²) in [6, 6.07) is 20.1. The zero-order valence-electron chi connectivity index (χ0n) is 22.3. The van der Waals surface area contributed by atoms with Gasteiger partial charge in [-0.15, -0.1) is 0 Å². The number of hydrogen-bond acceptors (Lipinski definition) is 5. The van der Waals surface area contributed by atoms with E-state index in [1.807, 2.05) is 75.3 Å². The van der Waals surface area contributed by atoms with Crippen molar-refractivity contribution in [2.45, 2.75) is 34.2 Å². The van der Waals surface area contributed by atoms with Crippen LogP contribution in [-0.4, -0.2) is 36.1 Å². The fraction of sp³-hybridized carbons (Fsp3) is 0.258. The van der Waals surface area contributed by atoms with Crippen molar-refractivity contribution in [3.63, 3.8) is 0 Å². The maximum Gasteiger partial charge on any atom is 0.331 e. The van der Waals surface area contributed by atoms with Crippen LogP contribution in [0, 0.1) is 5.92 Å². The van der Waals surface area contributed by atoms with Crippen LogP contribution in [0.15, 0.2) is 71.9 Å². The molecule has 0 N–H and O–H groups in total. The minimum atomic E-state index is -0.443. The van der Waals surface area contributed by atoms with Gasteiger partial charge in [0.2, 0.25) is 0 Å². The monoisotopic (exact) mass is 495 g/mol. The Morgan fingerprint density at radius 2 is 1.57 bits per heavy atom. The summed E-state index contributed by atoms with van der Waals surface area (Å²) in [5.41, 5.74) is 6.53. The Kier molecular flexibility index (Phi) is 7.58. The number of oxime groups is 1. The van der Waals surface area contributed by atoms with Crippen LogP contribution in [0.4, 0.5) is 5.69 Å². The Morgan fingerprint density at radius 1 is 0.946 bits per heavy atom. The first-order valence-corrected chi connectivity index (χ1v) is 12.5. The quantitative estimate of drug-likeness (QED) is 0.0897. The third kappa shape index (κ3) is 5.48. The molecule has 190 valence electrons. The van der Waals surface area contributed by atoms with Crippen LogP contribution in [0.2, 0.25) is 0 Å². The maximum atomic E-state index is 12.8. The Bertz CT molecular complexity index is 1520. The number of carbonyl (C=O) groups is 2. The van der Waals surface area contributed by atoms with Crippen molar-refractivity contribution >= 4 is 51.0 Å². The molecule has 0 aliphatic rings. The van der Waals surface area contributed by atoms with E-state index in [0.29, 0.717) is 5.56 Å². The van der Waals surface area contributed by atoms with Gasteiger partial charge in [0.05, 0.1) is 5.71 Å². The molecular formula is C31H33N3O3. The van der Waals surface area contributed by atoms with E-state index < -0.39 is 5.97 Å². The highest BCUT2D eigenvalue weighted by atomic mass is 16.7. The van der Waals surface area contributed by atoms with Crippen LogP contribution >= 0.6 is 0 Å². The van der Waals surface area contributed by atoms with Gasteiger partial charge in [-0.3, -0.25) is 4.79 Å². The van der Waals surface area contributed by atoms with Crippen molar-refractivity contribution < 1.29 is 14.4 Å². The lowest BCUT2D eigenvalue weighted by molar-refractivity contribution is -0.140. The number of ketones is 1. The first-order valence-electron chi connectivity index (χ1n) is 12.5. The van der Waals surface area contributed by atoms with Gasteiger partial charge in [-0.05, 0) is 73.0 Å². The lowest BCUT2D eigenvalue weighted by Crippen LogP contribution is -2.11. The summed E-state index contributed by atoms with van der Waals surface area (Å²) in [7, 11) is 3.95. The fourth-order valence-electron chi connectivity index (χ4n) is 4.52. The van der Waals surface area contributed by atoms with Crippen LogP contribution in [-0.2, 0) is 16.2 Å². The number of rotatable bonds is 8. The van der Waals surface area contributed by atoms with Gasteiger partial charge in [-0.2, -0.15) is 0 Å². The van der Waals surface area contributed by atoms with E-state index in [0.717, 1.165) is 50.9 Å². The molecule has 3 aromatic carbocycles. The molecule has 0 bridgehead atoms. The second-order valence-electron chi connectivity index (χ2n) is 9.61. The number of hydrogen-bond donors (Lipinski definition) is 0. The van der Waals surface area contributed by atoms with Crippen molar-refractivity contribution in [1.82, 2.24) is 4.57 Å². The molecule has 0 saturated carbocycles. The molecule has 0 unspecified atom stereocenters. The van der Waals surface area contributed by atoms with E-state index in [1.165, 1.54) is 6.92 Å². The molecule has 6 nitrogen and oxygen atoms in total. The second-order valence-corrected chi connectivity index (χ2v) is 9.61. The molecule has 4 aromatic rings. The number of aromatic nitrogens is 1. The van der Waals surface area contributed by atoms with Gasteiger partial charge in [0.15, 0.2) is 5.78 Å². The molecule has 4 rings (SSSR count). The lowest BCUT2D eigenvalue weighted by Gasteiger charge is -2.11. The van der Waals surface area contributed by atoms with Crippen molar-refractivity contribution in [3.05, 3.63) is 83.4 Å². The molecule has 0 aliphatic carbocycles. The van der Waals surface area contributed by atoms with Crippen LogP contribution in [0.25, 0.3) is 27.9 Å². The van der Waals surface area contributed by atoms with Crippen LogP contribution in [0.3, 0.4) is 0 Å². The van der Waals surface area contributed by atoms with E-state index in [2.05, 4.69) is 40.9 Å². The van der Waals surface area contributed by atoms with Crippen molar-refractivity contribution in [2.75, 3.05) is 19.0 Å². The van der Waals surface area contributed by atoms with Gasteiger partial charge in [-0.25, -0.2) is 4.79 Å². The molecule has 0 aliphatic heterocycles. The molecule has 0 fully saturated rings. The molecule has 1 aromatic heterocycles. The predicted octanol–water partition coefficient (Wildman–Crippen LogP) is 6.70. The van der Waals surface area contributed by atoms with E-state index in [4.69, 9.17) is 4.84 Å². The largest absolute Gasteiger partial charge is 0.378 e. The van der Waals surface area contributed by atoms with Crippen LogP contribution < -0.4 is 4.90 Å². The van der Waals surface area contributed by atoms with Crippen LogP contribution in [0.5, 0.6) is 0 Å². The summed E-state index contributed by atoms with van der Waals surface area (Å²) in [4.78, 5) is 31.1. The van der Waals surface area contributed by atoms with Crippen LogP contribution in [0.1, 0.15) is 49.2 Å². The standard InChI is InChI=1S/C31H33N3O3/c1-7-34-28-15-8-22(9-17-30(36)23-10-13-25(14-11-23)33(5)6)18-26(28)27-19-24(12-16-29(27)34)31(20(2)3)32-37-21(4)35/h8-20H,7H2,1-6H3. The zero-order chi connectivity index (χ0) is 26.7. The molecule has 0 amide bonds. The summed E-state index contributed by atoms with van der Waals surface area (Å²) in [6.07, 6.45) is 3.49. The number of aryl methyl sites for hydroxylation is 1. The first-order chi connectivity index (χ1) is 17.7. The third-order valence-corrected chi connectivity index (χ3v) is 6.42. The van der Waals surface area contributed by atoms with E-state index in [-0.39, 0.29) is 11.7 Å². The summed E-state index contributed by atoms with van der Waals surface area (Å²) in [6.45, 7) is 8.35. The smallest absolute Gasteiger partial charge is 0.331 e. The lowest BCUT2D eigenvalue weighted by atomic mass is 9.98. The first kappa shape index (κ1) is 25.9. The minimum absolute atomic E-state index is 0.0352. The van der Waals surface area contributed by atoms with Crippen molar-refractivity contribution in [1.29, 1.82) is 0 Å². The topological polar surface area (TPSA) is 63.9 Å².